The molecule has 0 fully saturated rings. The largest absolute Gasteiger partial charge is 0.497 e. The van der Waals surface area contributed by atoms with Gasteiger partial charge in [-0.05, 0) is 24.6 Å². The zero-order chi connectivity index (χ0) is 13.8. The summed E-state index contributed by atoms with van der Waals surface area (Å²) in [6.45, 7) is 1.87. The van der Waals surface area contributed by atoms with Gasteiger partial charge >= 0.3 is 0 Å². The third kappa shape index (κ3) is 3.01. The number of H-pyrrole nitrogens is 1. The van der Waals surface area contributed by atoms with Crippen molar-refractivity contribution in [3.8, 4) is 5.75 Å². The number of aromatic nitrogens is 3. The number of carbonyl (C=O) groups excluding carboxylic acids is 1. The van der Waals surface area contributed by atoms with Crippen LogP contribution < -0.4 is 15.8 Å². The highest BCUT2D eigenvalue weighted by Gasteiger charge is 2.14. The first-order valence-electron chi connectivity index (χ1n) is 5.73. The third-order valence-electron chi connectivity index (χ3n) is 2.68. The average molecular weight is 261 g/mol. The molecule has 1 amide bonds. The second-order valence-corrected chi connectivity index (χ2v) is 4.01. The van der Waals surface area contributed by atoms with Gasteiger partial charge in [-0.15, -0.1) is 5.10 Å². The zero-order valence-electron chi connectivity index (χ0n) is 10.7. The lowest BCUT2D eigenvalue weighted by Gasteiger charge is -2.13. The summed E-state index contributed by atoms with van der Waals surface area (Å²) in [5.74, 6) is 0.554. The Balaban J connectivity index is 2.03. The molecule has 0 saturated heterocycles. The number of rotatable bonds is 4. The highest BCUT2D eigenvalue weighted by atomic mass is 16.5. The molecule has 0 saturated carbocycles. The molecule has 0 aliphatic carbocycles. The van der Waals surface area contributed by atoms with Gasteiger partial charge in [0.15, 0.2) is 0 Å². The van der Waals surface area contributed by atoms with Crippen LogP contribution in [0, 0.1) is 0 Å². The molecule has 100 valence electrons. The van der Waals surface area contributed by atoms with Gasteiger partial charge in [0.25, 0.3) is 5.91 Å². The molecular weight excluding hydrogens is 246 g/mol. The number of hydrogen-bond donors (Lipinski definition) is 3. The molecular formula is C12H15N5O2. The minimum absolute atomic E-state index is 0.0438. The summed E-state index contributed by atoms with van der Waals surface area (Å²) >= 11 is 0. The summed E-state index contributed by atoms with van der Waals surface area (Å²) in [7, 11) is 1.61. The van der Waals surface area contributed by atoms with Gasteiger partial charge in [0.05, 0.1) is 13.2 Å². The van der Waals surface area contributed by atoms with Crippen molar-refractivity contribution in [2.45, 2.75) is 13.0 Å². The van der Waals surface area contributed by atoms with Crippen LogP contribution in [0.5, 0.6) is 5.75 Å². The number of aromatic amines is 1. The van der Waals surface area contributed by atoms with Crippen LogP contribution in [0.1, 0.15) is 29.1 Å². The van der Waals surface area contributed by atoms with Crippen LogP contribution in [-0.4, -0.2) is 28.2 Å². The Hall–Kier alpha value is -2.57. The van der Waals surface area contributed by atoms with Crippen molar-refractivity contribution in [3.63, 3.8) is 0 Å². The molecule has 0 bridgehead atoms. The molecule has 1 unspecified atom stereocenters. The maximum Gasteiger partial charge on any atom is 0.289 e. The summed E-state index contributed by atoms with van der Waals surface area (Å²) in [6, 6.07) is 7.29. The van der Waals surface area contributed by atoms with Gasteiger partial charge in [0, 0.05) is 0 Å². The number of nitrogens with zero attached hydrogens (tertiary/aromatic N) is 2. The van der Waals surface area contributed by atoms with Gasteiger partial charge < -0.3 is 15.8 Å². The topological polar surface area (TPSA) is 106 Å². The normalized spacial score (nSPS) is 11.9. The maximum atomic E-state index is 11.8. The number of benzene rings is 1. The highest BCUT2D eigenvalue weighted by molar-refractivity contribution is 5.90. The van der Waals surface area contributed by atoms with Gasteiger partial charge in [-0.2, -0.15) is 4.98 Å². The van der Waals surface area contributed by atoms with Gasteiger partial charge in [0.2, 0.25) is 11.8 Å². The van der Waals surface area contributed by atoms with E-state index in [-0.39, 0.29) is 23.7 Å². The first-order valence-corrected chi connectivity index (χ1v) is 5.73. The van der Waals surface area contributed by atoms with Crippen molar-refractivity contribution in [1.29, 1.82) is 0 Å². The van der Waals surface area contributed by atoms with Crippen molar-refractivity contribution in [2.75, 3.05) is 12.8 Å². The van der Waals surface area contributed by atoms with Crippen molar-refractivity contribution in [2.24, 2.45) is 0 Å². The van der Waals surface area contributed by atoms with Crippen molar-refractivity contribution >= 4 is 11.9 Å². The summed E-state index contributed by atoms with van der Waals surface area (Å²) in [5.41, 5.74) is 6.30. The van der Waals surface area contributed by atoms with Gasteiger partial charge in [0.1, 0.15) is 5.75 Å². The molecule has 2 rings (SSSR count). The van der Waals surface area contributed by atoms with Crippen molar-refractivity contribution < 1.29 is 9.53 Å². The molecule has 0 spiro atoms. The summed E-state index contributed by atoms with van der Waals surface area (Å²) in [4.78, 5) is 15.6. The number of nitrogen functional groups attached to an aromatic ring is 1. The SMILES string of the molecule is COc1ccc(C(C)NC(=O)c2nc(N)n[nH]2)cc1. The molecule has 7 heteroatoms. The molecule has 7 nitrogen and oxygen atoms in total. The molecule has 0 aliphatic heterocycles. The molecule has 1 aromatic carbocycles. The molecule has 1 atom stereocenters. The lowest BCUT2D eigenvalue weighted by atomic mass is 10.1. The van der Waals surface area contributed by atoms with Crippen LogP contribution in [0.15, 0.2) is 24.3 Å². The first-order chi connectivity index (χ1) is 9.10. The summed E-state index contributed by atoms with van der Waals surface area (Å²) in [5, 5.41) is 8.86. The van der Waals surface area contributed by atoms with Crippen LogP contribution in [0.2, 0.25) is 0 Å². The zero-order valence-corrected chi connectivity index (χ0v) is 10.7. The standard InChI is InChI=1S/C12H15N5O2/c1-7(8-3-5-9(19-2)6-4-8)14-11(18)10-15-12(13)17-16-10/h3-7H,1-2H3,(H,14,18)(H3,13,15,16,17). The summed E-state index contributed by atoms with van der Waals surface area (Å²) < 4.78 is 5.08. The molecule has 0 radical (unpaired) electrons. The molecule has 2 aromatic rings. The molecule has 1 aromatic heterocycles. The Kier molecular flexibility index (Phi) is 3.65. The van der Waals surface area contributed by atoms with Crippen LogP contribution in [-0.2, 0) is 0 Å². The lowest BCUT2D eigenvalue weighted by molar-refractivity contribution is 0.0930. The number of hydrogen-bond acceptors (Lipinski definition) is 5. The van der Waals surface area contributed by atoms with Gasteiger partial charge in [-0.25, -0.2) is 0 Å². The number of methoxy groups -OCH3 is 1. The number of nitrogens with one attached hydrogen (secondary N) is 2. The number of carbonyl (C=O) groups is 1. The molecule has 19 heavy (non-hydrogen) atoms. The second-order valence-electron chi connectivity index (χ2n) is 4.01. The monoisotopic (exact) mass is 261 g/mol. The maximum absolute atomic E-state index is 11.8. The van der Waals surface area contributed by atoms with E-state index in [1.54, 1.807) is 7.11 Å². The van der Waals surface area contributed by atoms with Crippen molar-refractivity contribution in [3.05, 3.63) is 35.7 Å². The Morgan fingerprint density at radius 2 is 2.11 bits per heavy atom. The fourth-order valence-electron chi connectivity index (χ4n) is 1.62. The molecule has 0 aliphatic rings. The smallest absolute Gasteiger partial charge is 0.289 e. The minimum atomic E-state index is -0.354. The Morgan fingerprint density at radius 3 is 2.63 bits per heavy atom. The van der Waals surface area contributed by atoms with E-state index in [2.05, 4.69) is 20.5 Å². The second kappa shape index (κ2) is 5.38. The van der Waals surface area contributed by atoms with E-state index >= 15 is 0 Å². The minimum Gasteiger partial charge on any atom is -0.497 e. The van der Waals surface area contributed by atoms with Gasteiger partial charge in [-0.1, -0.05) is 12.1 Å². The predicted octanol–water partition coefficient (Wildman–Crippen LogP) is 0.886. The quantitative estimate of drug-likeness (QED) is 0.757. The van der Waals surface area contributed by atoms with Crippen LogP contribution in [0.3, 0.4) is 0 Å². The first kappa shape index (κ1) is 12.9. The van der Waals surface area contributed by atoms with E-state index in [4.69, 9.17) is 10.5 Å². The highest BCUT2D eigenvalue weighted by Crippen LogP contribution is 2.17. The molecule has 1 heterocycles. The van der Waals surface area contributed by atoms with E-state index in [1.165, 1.54) is 0 Å². The van der Waals surface area contributed by atoms with Crippen LogP contribution in [0.4, 0.5) is 5.95 Å². The Labute approximate surface area is 110 Å². The van der Waals surface area contributed by atoms with E-state index in [0.29, 0.717) is 0 Å². The predicted molar refractivity (Wildman–Crippen MR) is 69.7 cm³/mol. The summed E-state index contributed by atoms with van der Waals surface area (Å²) in [6.07, 6.45) is 0. The van der Waals surface area contributed by atoms with Crippen molar-refractivity contribution in [1.82, 2.24) is 20.5 Å². The van der Waals surface area contributed by atoms with E-state index in [1.807, 2.05) is 31.2 Å². The Bertz CT molecular complexity index is 564. The fraction of sp³-hybridized carbons (Fsp3) is 0.250. The number of anilines is 1. The average Bonchev–Trinajstić information content (AvgIpc) is 2.85. The van der Waals surface area contributed by atoms with Gasteiger partial charge in [-0.3, -0.25) is 9.89 Å². The van der Waals surface area contributed by atoms with E-state index < -0.39 is 0 Å². The number of ether oxygens (including phenoxy) is 1. The fourth-order valence-corrected chi connectivity index (χ4v) is 1.62. The number of amides is 1. The number of nitrogens with two attached hydrogens (primary N) is 1. The third-order valence-corrected chi connectivity index (χ3v) is 2.68. The van der Waals surface area contributed by atoms with E-state index in [0.717, 1.165) is 11.3 Å². The molecule has 4 N–H and O–H groups in total. The Morgan fingerprint density at radius 1 is 1.42 bits per heavy atom. The van der Waals surface area contributed by atoms with E-state index in [9.17, 15) is 4.79 Å². The lowest BCUT2D eigenvalue weighted by Crippen LogP contribution is -2.27. The van der Waals surface area contributed by atoms with Crippen LogP contribution >= 0.6 is 0 Å². The van der Waals surface area contributed by atoms with Crippen LogP contribution in [0.25, 0.3) is 0 Å².